The summed E-state index contributed by atoms with van der Waals surface area (Å²) < 4.78 is 6.78. The smallest absolute Gasteiger partial charge is 0.131 e. The van der Waals surface area contributed by atoms with E-state index in [9.17, 15) is 0 Å². The normalized spacial score (nSPS) is 32.8. The van der Waals surface area contributed by atoms with Crippen LogP contribution in [0.4, 0.5) is 0 Å². The summed E-state index contributed by atoms with van der Waals surface area (Å²) in [4.78, 5) is 0. The highest BCUT2D eigenvalue weighted by molar-refractivity contribution is 5.82. The van der Waals surface area contributed by atoms with Crippen LogP contribution in [-0.2, 0) is 12.8 Å². The van der Waals surface area contributed by atoms with Crippen molar-refractivity contribution < 1.29 is 4.74 Å². The van der Waals surface area contributed by atoms with Gasteiger partial charge < -0.3 is 4.74 Å². The highest BCUT2D eigenvalue weighted by atomic mass is 16.5. The third-order valence-electron chi connectivity index (χ3n) is 13.7. The van der Waals surface area contributed by atoms with Gasteiger partial charge in [-0.1, -0.05) is 91.8 Å². The Morgan fingerprint density at radius 3 is 2.40 bits per heavy atom. The minimum absolute atomic E-state index is 0.225. The number of hydrogen-bond acceptors (Lipinski definition) is 1. The van der Waals surface area contributed by atoms with Gasteiger partial charge in [0.2, 0.25) is 0 Å². The predicted octanol–water partition coefficient (Wildman–Crippen LogP) is 10.1. The van der Waals surface area contributed by atoms with Crippen molar-refractivity contribution in [1.29, 1.82) is 0 Å². The Bertz CT molecular complexity index is 1890. The fourth-order valence-electron chi connectivity index (χ4n) is 11.6. The van der Waals surface area contributed by atoms with Crippen LogP contribution in [0.25, 0.3) is 29.9 Å². The highest BCUT2D eigenvalue weighted by Gasteiger charge is 2.41. The van der Waals surface area contributed by atoms with Gasteiger partial charge in [0, 0.05) is 17.0 Å². The van der Waals surface area contributed by atoms with Gasteiger partial charge in [0.25, 0.3) is 0 Å². The van der Waals surface area contributed by atoms with E-state index in [1.807, 2.05) is 0 Å². The standard InChI is InChI=1S/C46H50O/c1-2-13-31-27-32(22-21-29(31)11-1)34-14-5-6-16-36(34)45-39-19-9-7-17-37(39)44(38-18-8-10-20-40(38)45)33-24-26-43-42(28-33)41-25-23-30-12-3-4-15-35(30)46(41)47-43/h1-3,7,11-13,17-18,20,23,25,28-29,31-34,36,43H,4-6,8-10,14-16,19,21-22,24,26-27H2. The van der Waals surface area contributed by atoms with E-state index in [0.717, 1.165) is 48.9 Å². The first kappa shape index (κ1) is 28.7. The number of benzene rings is 2. The van der Waals surface area contributed by atoms with Crippen LogP contribution in [0.3, 0.4) is 0 Å². The zero-order chi connectivity index (χ0) is 30.9. The molecule has 7 atom stereocenters. The molecule has 240 valence electrons. The summed E-state index contributed by atoms with van der Waals surface area (Å²) in [5.41, 5.74) is 12.5. The van der Waals surface area contributed by atoms with E-state index in [1.54, 1.807) is 32.7 Å². The molecule has 2 saturated carbocycles. The molecule has 1 nitrogen and oxygen atoms in total. The molecule has 0 bridgehead atoms. The Labute approximate surface area is 281 Å². The van der Waals surface area contributed by atoms with E-state index in [-0.39, 0.29) is 6.10 Å². The Morgan fingerprint density at radius 1 is 0.681 bits per heavy atom. The molecule has 0 radical (unpaired) electrons. The van der Waals surface area contributed by atoms with Crippen LogP contribution in [-0.4, -0.2) is 6.10 Å². The maximum absolute atomic E-state index is 6.78. The minimum Gasteiger partial charge on any atom is -0.485 e. The van der Waals surface area contributed by atoms with Gasteiger partial charge in [0.1, 0.15) is 11.9 Å². The van der Waals surface area contributed by atoms with E-state index >= 15 is 0 Å². The molecule has 7 unspecified atom stereocenters. The molecule has 8 aliphatic rings. The average Bonchev–Trinajstić information content (AvgIpc) is 3.52. The van der Waals surface area contributed by atoms with Crippen molar-refractivity contribution in [1.82, 2.24) is 0 Å². The number of ether oxygens (including phenoxy) is 1. The summed E-state index contributed by atoms with van der Waals surface area (Å²) in [6, 6.07) is 4.71. The molecule has 47 heavy (non-hydrogen) atoms. The first-order valence-electron chi connectivity index (χ1n) is 19.4. The van der Waals surface area contributed by atoms with Crippen molar-refractivity contribution in [2.24, 2.45) is 23.7 Å². The van der Waals surface area contributed by atoms with Gasteiger partial charge in [-0.25, -0.2) is 0 Å². The lowest BCUT2D eigenvalue weighted by molar-refractivity contribution is 0.133. The van der Waals surface area contributed by atoms with Crippen molar-refractivity contribution in [2.45, 2.75) is 114 Å². The van der Waals surface area contributed by atoms with Crippen LogP contribution in [0, 0.1) is 23.7 Å². The van der Waals surface area contributed by atoms with E-state index in [4.69, 9.17) is 4.74 Å². The molecular formula is C46H50O. The van der Waals surface area contributed by atoms with Crippen molar-refractivity contribution in [2.75, 3.05) is 0 Å². The first-order chi connectivity index (χ1) is 23.3. The Kier molecular flexibility index (Phi) is 7.12. The van der Waals surface area contributed by atoms with Gasteiger partial charge in [-0.2, -0.15) is 0 Å². The summed E-state index contributed by atoms with van der Waals surface area (Å²) in [6.07, 6.45) is 46.8. The SMILES string of the molecule is C1=CC2CCC(C3CCCCC3c3c4c(c(C5C=C6c7ccc8c(c7OC6CC5)CCC=C8)c5c3=CCCC=5)C=CCC4)CC2C=C1. The third kappa shape index (κ3) is 4.69. The molecule has 7 aliphatic carbocycles. The second-order valence-corrected chi connectivity index (χ2v) is 16.1. The van der Waals surface area contributed by atoms with Crippen LogP contribution < -0.4 is 15.2 Å². The van der Waals surface area contributed by atoms with E-state index in [0.29, 0.717) is 5.92 Å². The quantitative estimate of drug-likeness (QED) is 0.333. The molecule has 0 spiro atoms. The molecule has 1 heteroatoms. The van der Waals surface area contributed by atoms with Gasteiger partial charge in [0.05, 0.1) is 0 Å². The summed E-state index contributed by atoms with van der Waals surface area (Å²) in [5.74, 6) is 5.65. The molecule has 2 fully saturated rings. The van der Waals surface area contributed by atoms with Crippen molar-refractivity contribution >= 4 is 29.9 Å². The van der Waals surface area contributed by atoms with Crippen molar-refractivity contribution in [3.8, 4) is 5.75 Å². The molecule has 2 aromatic carbocycles. The summed E-state index contributed by atoms with van der Waals surface area (Å²) in [5, 5.41) is 3.27. The molecule has 0 amide bonds. The lowest BCUT2D eigenvalue weighted by atomic mass is 9.60. The molecule has 2 aromatic rings. The maximum atomic E-state index is 6.78. The largest absolute Gasteiger partial charge is 0.485 e. The monoisotopic (exact) mass is 618 g/mol. The average molecular weight is 619 g/mol. The number of allylic oxidation sites excluding steroid dienone is 7. The zero-order valence-corrected chi connectivity index (χ0v) is 28.1. The molecule has 0 aromatic heterocycles. The van der Waals surface area contributed by atoms with Crippen LogP contribution in [0.15, 0.2) is 54.7 Å². The molecule has 1 heterocycles. The maximum Gasteiger partial charge on any atom is 0.131 e. The number of hydrogen-bond donors (Lipinski definition) is 0. The Morgan fingerprint density at radius 2 is 1.49 bits per heavy atom. The molecule has 10 rings (SSSR count). The van der Waals surface area contributed by atoms with E-state index < -0.39 is 0 Å². The topological polar surface area (TPSA) is 9.23 Å². The lowest BCUT2D eigenvalue weighted by Crippen LogP contribution is -2.42. The van der Waals surface area contributed by atoms with Crippen LogP contribution in [0.1, 0.15) is 134 Å². The van der Waals surface area contributed by atoms with Gasteiger partial charge >= 0.3 is 0 Å². The van der Waals surface area contributed by atoms with Gasteiger partial charge in [-0.15, -0.1) is 0 Å². The van der Waals surface area contributed by atoms with Crippen molar-refractivity contribution in [3.05, 3.63) is 104 Å². The summed E-state index contributed by atoms with van der Waals surface area (Å²) in [7, 11) is 0. The fourth-order valence-corrected chi connectivity index (χ4v) is 11.6. The van der Waals surface area contributed by atoms with Gasteiger partial charge in [0.15, 0.2) is 0 Å². The second-order valence-electron chi connectivity index (χ2n) is 16.1. The van der Waals surface area contributed by atoms with Gasteiger partial charge in [-0.05, 0) is 157 Å². The molecule has 1 aliphatic heterocycles. The minimum atomic E-state index is 0.225. The molecule has 0 saturated heterocycles. The second kappa shape index (κ2) is 11.7. The van der Waals surface area contributed by atoms with Crippen LogP contribution in [0.5, 0.6) is 5.75 Å². The van der Waals surface area contributed by atoms with Gasteiger partial charge in [-0.3, -0.25) is 0 Å². The number of fused-ring (bicyclic) bond motifs is 8. The highest BCUT2D eigenvalue weighted by Crippen LogP contribution is 2.52. The van der Waals surface area contributed by atoms with E-state index in [2.05, 4.69) is 79.0 Å². The third-order valence-corrected chi connectivity index (χ3v) is 13.7. The zero-order valence-electron chi connectivity index (χ0n) is 28.1. The van der Waals surface area contributed by atoms with Crippen LogP contribution >= 0.6 is 0 Å². The summed E-state index contributed by atoms with van der Waals surface area (Å²) >= 11 is 0. The Hall–Kier alpha value is -3.32. The Balaban J connectivity index is 1.08. The predicted molar refractivity (Wildman–Crippen MR) is 197 cm³/mol. The van der Waals surface area contributed by atoms with Crippen LogP contribution in [0.2, 0.25) is 0 Å². The first-order valence-corrected chi connectivity index (χ1v) is 19.4. The van der Waals surface area contributed by atoms with E-state index in [1.165, 1.54) is 105 Å². The number of rotatable bonds is 3. The van der Waals surface area contributed by atoms with Crippen molar-refractivity contribution in [3.63, 3.8) is 0 Å². The molecule has 0 N–H and O–H groups in total. The molecular weight excluding hydrogens is 569 g/mol. The summed E-state index contributed by atoms with van der Waals surface area (Å²) in [6.45, 7) is 0. The lowest BCUT2D eigenvalue weighted by Gasteiger charge is -2.44. The fraction of sp³-hybridized carbons (Fsp3) is 0.478.